The van der Waals surface area contributed by atoms with Crippen LogP contribution in [0, 0.1) is 5.41 Å². The summed E-state index contributed by atoms with van der Waals surface area (Å²) in [5, 5.41) is 0. The molecule has 0 spiro atoms. The van der Waals surface area contributed by atoms with Crippen LogP contribution in [0.2, 0.25) is 0 Å². The van der Waals surface area contributed by atoms with Crippen LogP contribution in [0.25, 0.3) is 0 Å². The molecule has 0 radical (unpaired) electrons. The van der Waals surface area contributed by atoms with Crippen molar-refractivity contribution in [1.82, 2.24) is 4.90 Å². The lowest BCUT2D eigenvalue weighted by Crippen LogP contribution is -2.62. The van der Waals surface area contributed by atoms with Crippen LogP contribution in [-0.2, 0) is 14.3 Å². The number of piperidine rings is 2. The summed E-state index contributed by atoms with van der Waals surface area (Å²) < 4.78 is 10.2. The molecule has 18 heavy (non-hydrogen) atoms. The third kappa shape index (κ3) is 2.18. The molecule has 0 aromatic carbocycles. The van der Waals surface area contributed by atoms with Crippen LogP contribution in [0.1, 0.15) is 40.0 Å². The van der Waals surface area contributed by atoms with Crippen LogP contribution in [0.3, 0.4) is 0 Å². The smallest absolute Gasteiger partial charge is 0.410 e. The molecule has 2 bridgehead atoms. The molecule has 3 rings (SSSR count). The Labute approximate surface area is 107 Å². The molecule has 102 valence electrons. The van der Waals surface area contributed by atoms with E-state index in [1.54, 1.807) is 4.90 Å². The molecule has 5 heteroatoms. The topological polar surface area (TPSA) is 55.8 Å². The molecule has 5 nitrogen and oxygen atoms in total. The van der Waals surface area contributed by atoms with Gasteiger partial charge in [0.2, 0.25) is 0 Å². The van der Waals surface area contributed by atoms with Crippen LogP contribution in [-0.4, -0.2) is 42.3 Å². The van der Waals surface area contributed by atoms with Gasteiger partial charge in [0.25, 0.3) is 0 Å². The summed E-state index contributed by atoms with van der Waals surface area (Å²) in [7, 11) is 1.42. The van der Waals surface area contributed by atoms with Gasteiger partial charge in [-0.2, -0.15) is 0 Å². The van der Waals surface area contributed by atoms with Crippen LogP contribution < -0.4 is 0 Å². The van der Waals surface area contributed by atoms with Crippen molar-refractivity contribution in [2.75, 3.05) is 13.7 Å². The Hall–Kier alpha value is -1.26. The van der Waals surface area contributed by atoms with Crippen molar-refractivity contribution in [3.63, 3.8) is 0 Å². The molecule has 1 amide bonds. The maximum Gasteiger partial charge on any atom is 0.410 e. The number of esters is 1. The van der Waals surface area contributed by atoms with Crippen LogP contribution in [0.4, 0.5) is 4.79 Å². The largest absolute Gasteiger partial charge is 0.469 e. The van der Waals surface area contributed by atoms with E-state index in [1.807, 2.05) is 20.8 Å². The summed E-state index contributed by atoms with van der Waals surface area (Å²) in [6.45, 7) is 6.14. The van der Waals surface area contributed by atoms with Gasteiger partial charge in [-0.25, -0.2) is 4.79 Å². The first kappa shape index (κ1) is 13.2. The minimum absolute atomic E-state index is 0.132. The summed E-state index contributed by atoms with van der Waals surface area (Å²) in [5.74, 6) is -0.136. The maximum absolute atomic E-state index is 12.0. The van der Waals surface area contributed by atoms with E-state index in [2.05, 4.69) is 0 Å². The van der Waals surface area contributed by atoms with Gasteiger partial charge in [-0.05, 0) is 40.0 Å². The van der Waals surface area contributed by atoms with Gasteiger partial charge in [-0.15, -0.1) is 0 Å². The lowest BCUT2D eigenvalue weighted by atomic mass is 9.60. The number of carbonyl (C=O) groups excluding carboxylic acids is 2. The minimum atomic E-state index is -0.474. The Morgan fingerprint density at radius 2 is 1.89 bits per heavy atom. The van der Waals surface area contributed by atoms with Crippen molar-refractivity contribution < 1.29 is 19.1 Å². The standard InChI is InChI=1S/C13H21NO4/c1-12(2,3)18-11(16)14-6-5-13(10(15)17-4)7-9(14)8-13/h9H,5-8H2,1-4H3. The normalized spacial score (nSPS) is 30.4. The van der Waals surface area contributed by atoms with Crippen molar-refractivity contribution in [1.29, 1.82) is 0 Å². The number of amides is 1. The predicted octanol–water partition coefficient (Wildman–Crippen LogP) is 1.95. The van der Waals surface area contributed by atoms with E-state index < -0.39 is 5.60 Å². The second-order valence-electron chi connectivity index (χ2n) is 6.26. The molecule has 0 aromatic heterocycles. The summed E-state index contributed by atoms with van der Waals surface area (Å²) in [4.78, 5) is 25.4. The first-order chi connectivity index (χ1) is 8.27. The van der Waals surface area contributed by atoms with Crippen molar-refractivity contribution in [2.24, 2.45) is 5.41 Å². The van der Waals surface area contributed by atoms with E-state index in [0.29, 0.717) is 25.8 Å². The second-order valence-corrected chi connectivity index (χ2v) is 6.26. The molecular formula is C13H21NO4. The van der Waals surface area contributed by atoms with Crippen molar-refractivity contribution in [3.8, 4) is 0 Å². The fraction of sp³-hybridized carbons (Fsp3) is 0.846. The Balaban J connectivity index is 1.95. The van der Waals surface area contributed by atoms with E-state index in [1.165, 1.54) is 7.11 Å². The molecule has 0 N–H and O–H groups in total. The number of fused-ring (bicyclic) bond motifs is 2. The van der Waals surface area contributed by atoms with Gasteiger partial charge in [-0.3, -0.25) is 4.79 Å². The highest BCUT2D eigenvalue weighted by Gasteiger charge is 2.57. The fourth-order valence-corrected chi connectivity index (χ4v) is 2.83. The molecular weight excluding hydrogens is 234 g/mol. The van der Waals surface area contributed by atoms with E-state index in [-0.39, 0.29) is 23.5 Å². The zero-order valence-electron chi connectivity index (χ0n) is 11.5. The highest BCUT2D eigenvalue weighted by atomic mass is 16.6. The molecule has 0 unspecified atom stereocenters. The van der Waals surface area contributed by atoms with Crippen molar-refractivity contribution >= 4 is 12.1 Å². The van der Waals surface area contributed by atoms with Gasteiger partial charge in [0.05, 0.1) is 12.5 Å². The Morgan fingerprint density at radius 3 is 2.28 bits per heavy atom. The molecule has 1 saturated carbocycles. The lowest BCUT2D eigenvalue weighted by Gasteiger charge is -2.55. The number of carbonyl (C=O) groups is 2. The highest BCUT2D eigenvalue weighted by Crippen LogP contribution is 2.51. The number of rotatable bonds is 1. The van der Waals surface area contributed by atoms with E-state index in [4.69, 9.17) is 9.47 Å². The number of ether oxygens (including phenoxy) is 2. The molecule has 3 aliphatic rings. The first-order valence-corrected chi connectivity index (χ1v) is 6.35. The van der Waals surface area contributed by atoms with Gasteiger partial charge < -0.3 is 14.4 Å². The zero-order chi connectivity index (χ0) is 13.6. The third-order valence-electron chi connectivity index (χ3n) is 3.77. The van der Waals surface area contributed by atoms with Gasteiger partial charge in [0.15, 0.2) is 0 Å². The average molecular weight is 255 g/mol. The van der Waals surface area contributed by atoms with Crippen LogP contribution >= 0.6 is 0 Å². The van der Waals surface area contributed by atoms with Gasteiger partial charge in [0.1, 0.15) is 5.60 Å². The van der Waals surface area contributed by atoms with E-state index in [9.17, 15) is 9.59 Å². The molecule has 2 heterocycles. The molecule has 1 aliphatic carbocycles. The summed E-state index contributed by atoms with van der Waals surface area (Å²) in [6.07, 6.45) is 1.82. The average Bonchev–Trinajstić information content (AvgIpc) is 2.24. The highest BCUT2D eigenvalue weighted by molar-refractivity contribution is 5.80. The van der Waals surface area contributed by atoms with Crippen molar-refractivity contribution in [3.05, 3.63) is 0 Å². The zero-order valence-corrected chi connectivity index (χ0v) is 11.5. The molecule has 0 atom stereocenters. The minimum Gasteiger partial charge on any atom is -0.469 e. The summed E-state index contributed by atoms with van der Waals surface area (Å²) in [5.41, 5.74) is -0.810. The summed E-state index contributed by atoms with van der Waals surface area (Å²) in [6, 6.07) is 0.132. The molecule has 0 aromatic rings. The first-order valence-electron chi connectivity index (χ1n) is 6.35. The van der Waals surface area contributed by atoms with E-state index in [0.717, 1.165) is 0 Å². The van der Waals surface area contributed by atoms with Gasteiger partial charge in [-0.1, -0.05) is 0 Å². The number of hydrogen-bond donors (Lipinski definition) is 0. The molecule has 2 aliphatic heterocycles. The predicted molar refractivity (Wildman–Crippen MR) is 65.0 cm³/mol. The Morgan fingerprint density at radius 1 is 1.28 bits per heavy atom. The monoisotopic (exact) mass is 255 g/mol. The Bertz CT molecular complexity index is 360. The second kappa shape index (κ2) is 4.14. The number of hydrogen-bond acceptors (Lipinski definition) is 4. The molecule has 2 saturated heterocycles. The summed E-state index contributed by atoms with van der Waals surface area (Å²) >= 11 is 0. The maximum atomic E-state index is 12.0. The SMILES string of the molecule is COC(=O)C12CCN(C(=O)OC(C)(C)C)C(C1)C2. The van der Waals surface area contributed by atoms with Crippen LogP contribution in [0.5, 0.6) is 0 Å². The number of nitrogens with zero attached hydrogens (tertiary/aromatic N) is 1. The van der Waals surface area contributed by atoms with Gasteiger partial charge in [0, 0.05) is 12.6 Å². The third-order valence-corrected chi connectivity index (χ3v) is 3.77. The molecule has 3 fully saturated rings. The number of methoxy groups -OCH3 is 1. The lowest BCUT2D eigenvalue weighted by molar-refractivity contribution is -0.171. The quantitative estimate of drug-likeness (QED) is 0.672. The van der Waals surface area contributed by atoms with Gasteiger partial charge >= 0.3 is 12.1 Å². The van der Waals surface area contributed by atoms with E-state index >= 15 is 0 Å². The Kier molecular flexibility index (Phi) is 3.03. The van der Waals surface area contributed by atoms with Crippen molar-refractivity contribution in [2.45, 2.75) is 51.7 Å². The fourth-order valence-electron chi connectivity index (χ4n) is 2.83. The van der Waals surface area contributed by atoms with Crippen LogP contribution in [0.15, 0.2) is 0 Å².